The molecule has 2 rings (SSSR count). The van der Waals surface area contributed by atoms with Crippen LogP contribution in [0.1, 0.15) is 20.8 Å². The van der Waals surface area contributed by atoms with Crippen molar-refractivity contribution in [1.29, 1.82) is 0 Å². The number of aldehydes is 1. The Morgan fingerprint density at radius 3 is 2.94 bits per heavy atom. The van der Waals surface area contributed by atoms with Crippen molar-refractivity contribution < 1.29 is 14.3 Å². The van der Waals surface area contributed by atoms with Crippen LogP contribution in [-0.2, 0) is 4.74 Å². The van der Waals surface area contributed by atoms with Gasteiger partial charge < -0.3 is 4.74 Å². The molecule has 82 valence electrons. The quantitative estimate of drug-likeness (QED) is 0.675. The lowest BCUT2D eigenvalue weighted by Crippen LogP contribution is -2.02. The Kier molecular flexibility index (Phi) is 2.74. The van der Waals surface area contributed by atoms with Crippen LogP contribution in [-0.4, -0.2) is 29.6 Å². The van der Waals surface area contributed by atoms with Crippen molar-refractivity contribution in [1.82, 2.24) is 10.2 Å². The summed E-state index contributed by atoms with van der Waals surface area (Å²) in [6.45, 7) is 0. The van der Waals surface area contributed by atoms with Crippen LogP contribution in [0.2, 0.25) is 0 Å². The fraction of sp³-hybridized carbons (Fsp3) is 0.100. The Bertz CT molecular complexity index is 577. The van der Waals surface area contributed by atoms with E-state index < -0.39 is 5.97 Å². The van der Waals surface area contributed by atoms with Crippen LogP contribution in [0.3, 0.4) is 0 Å². The van der Waals surface area contributed by atoms with Crippen molar-refractivity contribution in [3.8, 4) is 0 Å². The molecule has 0 saturated heterocycles. The van der Waals surface area contributed by atoms with Gasteiger partial charge in [0.1, 0.15) is 5.69 Å². The Hall–Kier alpha value is -1.69. The summed E-state index contributed by atoms with van der Waals surface area (Å²) in [6.07, 6.45) is 0.621. The third-order valence-electron chi connectivity index (χ3n) is 2.17. The molecule has 0 spiro atoms. The highest BCUT2D eigenvalue weighted by molar-refractivity contribution is 9.10. The van der Waals surface area contributed by atoms with Gasteiger partial charge in [-0.2, -0.15) is 5.10 Å². The number of ether oxygens (including phenoxy) is 1. The minimum atomic E-state index is -0.504. The summed E-state index contributed by atoms with van der Waals surface area (Å²) in [5, 5.41) is 6.97. The lowest BCUT2D eigenvalue weighted by atomic mass is 10.1. The van der Waals surface area contributed by atoms with Crippen LogP contribution in [0, 0.1) is 0 Å². The molecule has 1 N–H and O–H groups in total. The summed E-state index contributed by atoms with van der Waals surface area (Å²) in [5.41, 5.74) is 1.11. The predicted molar refractivity (Wildman–Crippen MR) is 60.5 cm³/mol. The van der Waals surface area contributed by atoms with Gasteiger partial charge in [-0.15, -0.1) is 0 Å². The van der Waals surface area contributed by atoms with Crippen molar-refractivity contribution in [2.45, 2.75) is 0 Å². The number of aromatic nitrogens is 2. The van der Waals surface area contributed by atoms with E-state index in [1.165, 1.54) is 7.11 Å². The highest BCUT2D eigenvalue weighted by Gasteiger charge is 2.16. The second-order valence-corrected chi connectivity index (χ2v) is 4.01. The number of H-pyrrole nitrogens is 1. The highest BCUT2D eigenvalue weighted by Crippen LogP contribution is 2.25. The molecule has 2 aromatic rings. The Labute approximate surface area is 98.9 Å². The number of carbonyl (C=O) groups is 2. The van der Waals surface area contributed by atoms with Crippen LogP contribution in [0.25, 0.3) is 10.9 Å². The molecule has 0 aliphatic rings. The van der Waals surface area contributed by atoms with Crippen molar-refractivity contribution >= 4 is 39.1 Å². The Morgan fingerprint density at radius 2 is 2.31 bits per heavy atom. The molecular weight excluding hydrogens is 276 g/mol. The topological polar surface area (TPSA) is 72.0 Å². The van der Waals surface area contributed by atoms with Crippen molar-refractivity contribution in [3.63, 3.8) is 0 Å². The number of nitrogens with zero attached hydrogens (tertiary/aromatic N) is 1. The number of rotatable bonds is 2. The number of methoxy groups -OCH3 is 1. The molecule has 16 heavy (non-hydrogen) atoms. The van der Waals surface area contributed by atoms with Gasteiger partial charge in [0.25, 0.3) is 0 Å². The van der Waals surface area contributed by atoms with E-state index in [4.69, 9.17) is 0 Å². The van der Waals surface area contributed by atoms with E-state index in [1.807, 2.05) is 0 Å². The molecule has 0 fully saturated rings. The van der Waals surface area contributed by atoms with E-state index in [2.05, 4.69) is 30.9 Å². The number of esters is 1. The molecule has 5 nitrogen and oxygen atoms in total. The second-order valence-electron chi connectivity index (χ2n) is 3.09. The first-order valence-corrected chi connectivity index (χ1v) is 5.17. The fourth-order valence-electron chi connectivity index (χ4n) is 1.50. The van der Waals surface area contributed by atoms with Crippen molar-refractivity contribution in [3.05, 3.63) is 27.9 Å². The first-order chi connectivity index (χ1) is 7.67. The molecule has 0 amide bonds. The van der Waals surface area contributed by atoms with Crippen molar-refractivity contribution in [2.24, 2.45) is 0 Å². The molecule has 0 aliphatic heterocycles. The zero-order chi connectivity index (χ0) is 11.7. The Balaban J connectivity index is 2.82. The smallest absolute Gasteiger partial charge is 0.338 e. The first kappa shape index (κ1) is 10.8. The van der Waals surface area contributed by atoms with Gasteiger partial charge in [0.05, 0.1) is 18.2 Å². The lowest BCUT2D eigenvalue weighted by molar-refractivity contribution is 0.0603. The van der Waals surface area contributed by atoms with E-state index in [-0.39, 0.29) is 5.69 Å². The summed E-state index contributed by atoms with van der Waals surface area (Å²) >= 11 is 3.26. The van der Waals surface area contributed by atoms with E-state index in [0.29, 0.717) is 27.2 Å². The molecule has 1 aromatic heterocycles. The van der Waals surface area contributed by atoms with Gasteiger partial charge in [-0.3, -0.25) is 9.89 Å². The van der Waals surface area contributed by atoms with Gasteiger partial charge in [-0.25, -0.2) is 4.79 Å². The summed E-state index contributed by atoms with van der Waals surface area (Å²) in [4.78, 5) is 22.3. The number of aromatic amines is 1. The maximum absolute atomic E-state index is 11.5. The number of benzene rings is 1. The summed E-state index contributed by atoms with van der Waals surface area (Å²) in [5.74, 6) is -0.504. The Morgan fingerprint density at radius 1 is 1.56 bits per heavy atom. The highest BCUT2D eigenvalue weighted by atomic mass is 79.9. The van der Waals surface area contributed by atoms with Crippen LogP contribution < -0.4 is 0 Å². The summed E-state index contributed by atoms with van der Waals surface area (Å²) < 4.78 is 5.35. The monoisotopic (exact) mass is 282 g/mol. The third kappa shape index (κ3) is 1.61. The minimum absolute atomic E-state index is 0.267. The molecule has 1 heterocycles. The molecule has 0 atom stereocenters. The SMILES string of the molecule is COC(=O)c1cc(Br)cc2n[nH]c(C=O)c12. The zero-order valence-corrected chi connectivity index (χ0v) is 9.87. The zero-order valence-electron chi connectivity index (χ0n) is 8.28. The first-order valence-electron chi connectivity index (χ1n) is 4.38. The average Bonchev–Trinajstić information content (AvgIpc) is 2.69. The van der Waals surface area contributed by atoms with Crippen LogP contribution >= 0.6 is 15.9 Å². The van der Waals surface area contributed by atoms with Gasteiger partial charge in [0, 0.05) is 9.86 Å². The van der Waals surface area contributed by atoms with Crippen molar-refractivity contribution in [2.75, 3.05) is 7.11 Å². The van der Waals surface area contributed by atoms with Crippen LogP contribution in [0.5, 0.6) is 0 Å². The lowest BCUT2D eigenvalue weighted by Gasteiger charge is -2.02. The predicted octanol–water partition coefficient (Wildman–Crippen LogP) is 1.92. The molecule has 0 saturated carbocycles. The molecule has 6 heteroatoms. The molecular formula is C10H7BrN2O3. The second kappa shape index (κ2) is 4.05. The van der Waals surface area contributed by atoms with E-state index in [0.717, 1.165) is 0 Å². The normalized spacial score (nSPS) is 10.4. The standard InChI is InChI=1S/C10H7BrN2O3/c1-16-10(15)6-2-5(11)3-7-9(6)8(4-14)13-12-7/h2-4H,1H3,(H,12,13). The molecule has 1 aromatic carbocycles. The van der Waals surface area contributed by atoms with Crippen LogP contribution in [0.15, 0.2) is 16.6 Å². The molecule has 0 aliphatic carbocycles. The number of fused-ring (bicyclic) bond motifs is 1. The molecule has 0 unspecified atom stereocenters. The summed E-state index contributed by atoms with van der Waals surface area (Å²) in [6, 6.07) is 3.31. The maximum atomic E-state index is 11.5. The molecule has 0 radical (unpaired) electrons. The summed E-state index contributed by atoms with van der Waals surface area (Å²) in [7, 11) is 1.29. The van der Waals surface area contributed by atoms with Gasteiger partial charge in [-0.05, 0) is 12.1 Å². The van der Waals surface area contributed by atoms with Gasteiger partial charge in [0.15, 0.2) is 6.29 Å². The number of nitrogens with one attached hydrogen (secondary N) is 1. The van der Waals surface area contributed by atoms with E-state index >= 15 is 0 Å². The number of hydrogen-bond donors (Lipinski definition) is 1. The number of carbonyl (C=O) groups excluding carboxylic acids is 2. The molecule has 0 bridgehead atoms. The largest absolute Gasteiger partial charge is 0.465 e. The number of hydrogen-bond acceptors (Lipinski definition) is 4. The van der Waals surface area contributed by atoms with E-state index in [9.17, 15) is 9.59 Å². The van der Waals surface area contributed by atoms with E-state index in [1.54, 1.807) is 12.1 Å². The van der Waals surface area contributed by atoms with Gasteiger partial charge >= 0.3 is 5.97 Å². The average molecular weight is 283 g/mol. The maximum Gasteiger partial charge on any atom is 0.338 e. The number of halogens is 1. The fourth-order valence-corrected chi connectivity index (χ4v) is 1.94. The van der Waals surface area contributed by atoms with Gasteiger partial charge in [-0.1, -0.05) is 15.9 Å². The minimum Gasteiger partial charge on any atom is -0.465 e. The van der Waals surface area contributed by atoms with Gasteiger partial charge in [0.2, 0.25) is 0 Å². The third-order valence-corrected chi connectivity index (χ3v) is 2.63. The van der Waals surface area contributed by atoms with Crippen LogP contribution in [0.4, 0.5) is 0 Å².